The maximum Gasteiger partial charge on any atom is 0.255 e. The maximum absolute atomic E-state index is 12.7. The predicted molar refractivity (Wildman–Crippen MR) is 106 cm³/mol. The highest BCUT2D eigenvalue weighted by Gasteiger charge is 2.13. The van der Waals surface area contributed by atoms with Gasteiger partial charge >= 0.3 is 0 Å². The summed E-state index contributed by atoms with van der Waals surface area (Å²) < 4.78 is 4.20. The number of nitrogens with zero attached hydrogens (tertiary/aromatic N) is 7. The van der Waals surface area contributed by atoms with Gasteiger partial charge in [0.1, 0.15) is 12.7 Å². The summed E-state index contributed by atoms with van der Waals surface area (Å²) in [4.78, 5) is 13.6. The van der Waals surface area contributed by atoms with E-state index in [-0.39, 0.29) is 5.91 Å². The lowest BCUT2D eigenvalue weighted by atomic mass is 10.2. The zero-order valence-electron chi connectivity index (χ0n) is 14.5. The molecule has 0 aliphatic rings. The largest absolute Gasteiger partial charge is 0.321 e. The van der Waals surface area contributed by atoms with Crippen LogP contribution in [0.25, 0.3) is 5.69 Å². The molecule has 0 unspecified atom stereocenters. The molecule has 11 heteroatoms. The quantitative estimate of drug-likeness (QED) is 0.492. The van der Waals surface area contributed by atoms with E-state index in [1.54, 1.807) is 30.6 Å². The molecule has 0 saturated carbocycles. The van der Waals surface area contributed by atoms with Crippen molar-refractivity contribution in [1.29, 1.82) is 0 Å². The Kier molecular flexibility index (Phi) is 5.17. The first-order chi connectivity index (χ1) is 13.6. The van der Waals surface area contributed by atoms with Crippen LogP contribution in [0.3, 0.4) is 0 Å². The SMILES string of the molecule is Cn1cnnc1Sc1ccc(Br)cc1NC(=O)c1ccc(-n2cnnn2)cc1. The van der Waals surface area contributed by atoms with E-state index in [4.69, 9.17) is 0 Å². The molecular formula is C17H13BrN8OS. The molecule has 2 aromatic carbocycles. The molecule has 1 amide bonds. The normalized spacial score (nSPS) is 10.8. The molecule has 1 N–H and O–H groups in total. The Labute approximate surface area is 172 Å². The molecule has 140 valence electrons. The van der Waals surface area contributed by atoms with Gasteiger partial charge in [0, 0.05) is 22.0 Å². The van der Waals surface area contributed by atoms with Crippen LogP contribution in [0.15, 0.2) is 69.6 Å². The second-order valence-electron chi connectivity index (χ2n) is 5.72. The topological polar surface area (TPSA) is 103 Å². The van der Waals surface area contributed by atoms with Crippen LogP contribution in [0.5, 0.6) is 0 Å². The van der Waals surface area contributed by atoms with Crippen molar-refractivity contribution >= 4 is 39.3 Å². The van der Waals surface area contributed by atoms with Gasteiger partial charge in [-0.05, 0) is 64.7 Å². The Morgan fingerprint density at radius 1 is 1.11 bits per heavy atom. The predicted octanol–water partition coefficient (Wildman–Crippen LogP) is 2.96. The van der Waals surface area contributed by atoms with Crippen LogP contribution in [-0.4, -0.2) is 40.9 Å². The lowest BCUT2D eigenvalue weighted by Crippen LogP contribution is -2.12. The van der Waals surface area contributed by atoms with Crippen molar-refractivity contribution in [3.8, 4) is 5.69 Å². The van der Waals surface area contributed by atoms with E-state index >= 15 is 0 Å². The summed E-state index contributed by atoms with van der Waals surface area (Å²) in [6.45, 7) is 0. The minimum absolute atomic E-state index is 0.221. The van der Waals surface area contributed by atoms with Gasteiger partial charge in [-0.15, -0.1) is 15.3 Å². The first kappa shape index (κ1) is 18.3. The molecule has 0 bridgehead atoms. The summed E-state index contributed by atoms with van der Waals surface area (Å²) in [5, 5.41) is 22.7. The molecule has 0 aliphatic heterocycles. The van der Waals surface area contributed by atoms with Crippen molar-refractivity contribution in [2.24, 2.45) is 7.05 Å². The number of nitrogens with one attached hydrogen (secondary N) is 1. The Balaban J connectivity index is 1.55. The van der Waals surface area contributed by atoms with Crippen molar-refractivity contribution in [2.45, 2.75) is 10.1 Å². The molecule has 0 saturated heterocycles. The number of tetrazole rings is 1. The van der Waals surface area contributed by atoms with Crippen molar-refractivity contribution in [3.63, 3.8) is 0 Å². The van der Waals surface area contributed by atoms with Crippen LogP contribution in [0.2, 0.25) is 0 Å². The number of carbonyl (C=O) groups excluding carboxylic acids is 1. The molecule has 9 nitrogen and oxygen atoms in total. The van der Waals surface area contributed by atoms with Crippen LogP contribution >= 0.6 is 27.7 Å². The molecule has 2 heterocycles. The van der Waals surface area contributed by atoms with E-state index in [0.717, 1.165) is 20.2 Å². The van der Waals surface area contributed by atoms with Crippen LogP contribution in [0.1, 0.15) is 10.4 Å². The zero-order valence-corrected chi connectivity index (χ0v) is 16.9. The second kappa shape index (κ2) is 7.90. The molecule has 4 aromatic rings. The summed E-state index contributed by atoms with van der Waals surface area (Å²) in [5.41, 5.74) is 1.96. The summed E-state index contributed by atoms with van der Waals surface area (Å²) in [6, 6.07) is 12.7. The lowest BCUT2D eigenvalue weighted by molar-refractivity contribution is 0.102. The van der Waals surface area contributed by atoms with Crippen LogP contribution in [-0.2, 0) is 7.05 Å². The van der Waals surface area contributed by atoms with Gasteiger partial charge in [-0.1, -0.05) is 15.9 Å². The van der Waals surface area contributed by atoms with E-state index < -0.39 is 0 Å². The van der Waals surface area contributed by atoms with E-state index in [0.29, 0.717) is 11.3 Å². The number of hydrogen-bond donors (Lipinski definition) is 1. The van der Waals surface area contributed by atoms with Gasteiger partial charge in [0.05, 0.1) is 11.4 Å². The molecule has 0 fully saturated rings. The number of rotatable bonds is 5. The summed E-state index contributed by atoms with van der Waals surface area (Å²) in [6.07, 6.45) is 3.12. The first-order valence-corrected chi connectivity index (χ1v) is 9.67. The molecule has 0 atom stereocenters. The third-order valence-corrected chi connectivity index (χ3v) is 5.43. The number of carbonyl (C=O) groups is 1. The Bertz CT molecular complexity index is 1110. The fourth-order valence-corrected chi connectivity index (χ4v) is 3.58. The maximum atomic E-state index is 12.7. The summed E-state index contributed by atoms with van der Waals surface area (Å²) in [7, 11) is 1.87. The van der Waals surface area contributed by atoms with Gasteiger partial charge < -0.3 is 9.88 Å². The Morgan fingerprint density at radius 3 is 2.61 bits per heavy atom. The van der Waals surface area contributed by atoms with E-state index in [1.165, 1.54) is 22.8 Å². The number of aromatic nitrogens is 7. The standard InChI is InChI=1S/C17H13BrN8OS/c1-25-9-19-22-17(25)28-15-7-4-12(18)8-14(15)21-16(27)11-2-5-13(6-3-11)26-10-20-23-24-26/h2-10H,1H3,(H,21,27). The minimum atomic E-state index is -0.221. The van der Waals surface area contributed by atoms with Crippen LogP contribution in [0, 0.1) is 0 Å². The fraction of sp³-hybridized carbons (Fsp3) is 0.0588. The van der Waals surface area contributed by atoms with Crippen molar-refractivity contribution in [1.82, 2.24) is 35.0 Å². The average molecular weight is 457 g/mol. The second-order valence-corrected chi connectivity index (χ2v) is 7.65. The summed E-state index contributed by atoms with van der Waals surface area (Å²) in [5.74, 6) is -0.221. The number of anilines is 1. The zero-order chi connectivity index (χ0) is 19.5. The molecule has 28 heavy (non-hydrogen) atoms. The molecule has 2 aromatic heterocycles. The highest BCUT2D eigenvalue weighted by Crippen LogP contribution is 2.34. The van der Waals surface area contributed by atoms with Gasteiger partial charge in [0.15, 0.2) is 5.16 Å². The number of halogens is 1. The molecule has 0 spiro atoms. The van der Waals surface area contributed by atoms with Gasteiger partial charge in [-0.2, -0.15) is 0 Å². The highest BCUT2D eigenvalue weighted by molar-refractivity contribution is 9.10. The highest BCUT2D eigenvalue weighted by atomic mass is 79.9. The molecular weight excluding hydrogens is 444 g/mol. The summed E-state index contributed by atoms with van der Waals surface area (Å²) >= 11 is 4.87. The van der Waals surface area contributed by atoms with Gasteiger partial charge in [-0.25, -0.2) is 4.68 Å². The number of benzene rings is 2. The van der Waals surface area contributed by atoms with Crippen LogP contribution in [0.4, 0.5) is 5.69 Å². The van der Waals surface area contributed by atoms with E-state index in [2.05, 4.69) is 47.0 Å². The van der Waals surface area contributed by atoms with Crippen LogP contribution < -0.4 is 5.32 Å². The molecule has 0 radical (unpaired) electrons. The van der Waals surface area contributed by atoms with Crippen molar-refractivity contribution in [3.05, 3.63) is 65.2 Å². The number of hydrogen-bond acceptors (Lipinski definition) is 7. The third-order valence-electron chi connectivity index (χ3n) is 3.80. The van der Waals surface area contributed by atoms with Gasteiger partial charge in [-0.3, -0.25) is 4.79 Å². The smallest absolute Gasteiger partial charge is 0.255 e. The average Bonchev–Trinajstić information content (AvgIpc) is 3.36. The number of aryl methyl sites for hydroxylation is 1. The van der Waals surface area contributed by atoms with Gasteiger partial charge in [0.25, 0.3) is 5.91 Å². The third kappa shape index (κ3) is 3.94. The Morgan fingerprint density at radius 2 is 1.93 bits per heavy atom. The lowest BCUT2D eigenvalue weighted by Gasteiger charge is -2.11. The first-order valence-electron chi connectivity index (χ1n) is 8.06. The minimum Gasteiger partial charge on any atom is -0.321 e. The molecule has 0 aliphatic carbocycles. The Hall–Kier alpha value is -3.05. The van der Waals surface area contributed by atoms with Gasteiger partial charge in [0.2, 0.25) is 0 Å². The van der Waals surface area contributed by atoms with Crippen molar-refractivity contribution < 1.29 is 4.79 Å². The monoisotopic (exact) mass is 456 g/mol. The fourth-order valence-electron chi connectivity index (χ4n) is 2.39. The van der Waals surface area contributed by atoms with E-state index in [9.17, 15) is 4.79 Å². The van der Waals surface area contributed by atoms with Crippen molar-refractivity contribution in [2.75, 3.05) is 5.32 Å². The number of amides is 1. The van der Waals surface area contributed by atoms with E-state index in [1.807, 2.05) is 29.8 Å². The molecule has 4 rings (SSSR count).